The highest BCUT2D eigenvalue weighted by Gasteiger charge is 2.13. The van der Waals surface area contributed by atoms with E-state index in [2.05, 4.69) is 4.98 Å². The number of aromatic nitrogens is 2. The Morgan fingerprint density at radius 2 is 2.20 bits per heavy atom. The molecule has 6 heteroatoms. The third-order valence-corrected chi connectivity index (χ3v) is 3.70. The molecule has 0 unspecified atom stereocenters. The fraction of sp³-hybridized carbons (Fsp3) is 0.286. The molecule has 0 radical (unpaired) electrons. The minimum atomic E-state index is -0.854. The van der Waals surface area contributed by atoms with E-state index < -0.39 is 5.97 Å². The number of methoxy groups -OCH3 is 1. The van der Waals surface area contributed by atoms with Crippen molar-refractivity contribution >= 4 is 17.7 Å². The van der Waals surface area contributed by atoms with Crippen LogP contribution < -0.4 is 0 Å². The number of ether oxygens (including phenoxy) is 1. The summed E-state index contributed by atoms with van der Waals surface area (Å²) in [6, 6.07) is 7.87. The van der Waals surface area contributed by atoms with Crippen LogP contribution in [-0.4, -0.2) is 33.5 Å². The zero-order valence-corrected chi connectivity index (χ0v) is 12.2. The molecule has 0 atom stereocenters. The van der Waals surface area contributed by atoms with Crippen molar-refractivity contribution in [2.24, 2.45) is 0 Å². The second kappa shape index (κ2) is 6.58. The van der Waals surface area contributed by atoms with Gasteiger partial charge < -0.3 is 9.84 Å². The molecular formula is C14H16N2O3S. The van der Waals surface area contributed by atoms with Crippen molar-refractivity contribution < 1.29 is 14.6 Å². The lowest BCUT2D eigenvalue weighted by atomic mass is 10.2. The van der Waals surface area contributed by atoms with Gasteiger partial charge in [0.25, 0.3) is 0 Å². The quantitative estimate of drug-likeness (QED) is 0.829. The third kappa shape index (κ3) is 3.20. The van der Waals surface area contributed by atoms with Gasteiger partial charge in [-0.2, -0.15) is 0 Å². The molecule has 0 aliphatic heterocycles. The Hall–Kier alpha value is -1.79. The summed E-state index contributed by atoms with van der Waals surface area (Å²) in [4.78, 5) is 15.0. The molecule has 5 nitrogen and oxygen atoms in total. The zero-order valence-electron chi connectivity index (χ0n) is 11.4. The first-order chi connectivity index (χ1) is 9.63. The summed E-state index contributed by atoms with van der Waals surface area (Å²) in [6.07, 6.45) is 1.74. The number of carboxylic acid groups (broad SMARTS) is 1. The van der Waals surface area contributed by atoms with Gasteiger partial charge in [0.15, 0.2) is 5.16 Å². The standard InChI is InChI=1S/C14H16N2O3S/c1-10-7-15-14(20-9-13(17)18)16(10)12-6-4-3-5-11(12)8-19-2/h3-7H,8-9H2,1-2H3,(H,17,18). The summed E-state index contributed by atoms with van der Waals surface area (Å²) < 4.78 is 7.17. The molecule has 2 rings (SSSR count). The van der Waals surface area contributed by atoms with Gasteiger partial charge in [0, 0.05) is 24.6 Å². The van der Waals surface area contributed by atoms with Crippen molar-refractivity contribution in [2.45, 2.75) is 18.7 Å². The van der Waals surface area contributed by atoms with E-state index in [1.54, 1.807) is 13.3 Å². The average Bonchev–Trinajstić information content (AvgIpc) is 2.79. The molecule has 0 saturated carbocycles. The number of nitrogens with zero attached hydrogens (tertiary/aromatic N) is 2. The number of imidazole rings is 1. The van der Waals surface area contributed by atoms with Crippen LogP contribution in [-0.2, 0) is 16.1 Å². The van der Waals surface area contributed by atoms with Gasteiger partial charge in [0.2, 0.25) is 0 Å². The Kier molecular flexibility index (Phi) is 4.81. The number of benzene rings is 1. The molecule has 1 N–H and O–H groups in total. The first-order valence-electron chi connectivity index (χ1n) is 6.09. The topological polar surface area (TPSA) is 64.4 Å². The Labute approximate surface area is 121 Å². The number of rotatable bonds is 6. The number of hydrogen-bond donors (Lipinski definition) is 1. The average molecular weight is 292 g/mol. The van der Waals surface area contributed by atoms with E-state index in [1.165, 1.54) is 11.8 Å². The molecule has 0 aliphatic carbocycles. The van der Waals surface area contributed by atoms with Gasteiger partial charge >= 0.3 is 5.97 Å². The fourth-order valence-electron chi connectivity index (χ4n) is 1.94. The van der Waals surface area contributed by atoms with Crippen LogP contribution in [0.25, 0.3) is 5.69 Å². The van der Waals surface area contributed by atoms with E-state index >= 15 is 0 Å². The maximum Gasteiger partial charge on any atom is 0.313 e. The van der Waals surface area contributed by atoms with Crippen LogP contribution in [0.3, 0.4) is 0 Å². The highest BCUT2D eigenvalue weighted by molar-refractivity contribution is 7.99. The van der Waals surface area contributed by atoms with Gasteiger partial charge in [-0.3, -0.25) is 9.36 Å². The van der Waals surface area contributed by atoms with Gasteiger partial charge in [0.1, 0.15) is 0 Å². The highest BCUT2D eigenvalue weighted by atomic mass is 32.2. The Morgan fingerprint density at radius 3 is 2.90 bits per heavy atom. The predicted octanol–water partition coefficient (Wildman–Crippen LogP) is 2.50. The predicted molar refractivity (Wildman–Crippen MR) is 77.4 cm³/mol. The Balaban J connectivity index is 2.41. The first-order valence-corrected chi connectivity index (χ1v) is 7.08. The Morgan fingerprint density at radius 1 is 1.45 bits per heavy atom. The van der Waals surface area contributed by atoms with Gasteiger partial charge in [-0.15, -0.1) is 0 Å². The number of para-hydroxylation sites is 1. The zero-order chi connectivity index (χ0) is 14.5. The summed E-state index contributed by atoms with van der Waals surface area (Å²) in [6.45, 7) is 2.44. The number of thioether (sulfide) groups is 1. The number of carboxylic acids is 1. The summed E-state index contributed by atoms with van der Waals surface area (Å²) >= 11 is 1.21. The van der Waals surface area contributed by atoms with E-state index in [4.69, 9.17) is 9.84 Å². The Bertz CT molecular complexity index is 610. The van der Waals surface area contributed by atoms with Crippen molar-refractivity contribution in [3.63, 3.8) is 0 Å². The van der Waals surface area contributed by atoms with Crippen molar-refractivity contribution in [2.75, 3.05) is 12.9 Å². The second-order valence-electron chi connectivity index (χ2n) is 4.26. The number of hydrogen-bond acceptors (Lipinski definition) is 4. The molecule has 0 spiro atoms. The third-order valence-electron chi connectivity index (χ3n) is 2.76. The maximum atomic E-state index is 10.7. The smallest absolute Gasteiger partial charge is 0.313 e. The van der Waals surface area contributed by atoms with Gasteiger partial charge in [0.05, 0.1) is 18.0 Å². The summed E-state index contributed by atoms with van der Waals surface area (Å²) in [5, 5.41) is 9.48. The van der Waals surface area contributed by atoms with Crippen LogP contribution in [0.1, 0.15) is 11.3 Å². The van der Waals surface area contributed by atoms with Crippen LogP contribution in [0.4, 0.5) is 0 Å². The van der Waals surface area contributed by atoms with E-state index in [9.17, 15) is 4.79 Å². The second-order valence-corrected chi connectivity index (χ2v) is 5.20. The lowest BCUT2D eigenvalue weighted by Gasteiger charge is -2.13. The van der Waals surface area contributed by atoms with Crippen LogP contribution >= 0.6 is 11.8 Å². The molecule has 1 aromatic carbocycles. The van der Waals surface area contributed by atoms with Crippen LogP contribution in [0.2, 0.25) is 0 Å². The molecule has 0 fully saturated rings. The molecular weight excluding hydrogens is 276 g/mol. The van der Waals surface area contributed by atoms with Crippen LogP contribution in [0, 0.1) is 6.92 Å². The molecule has 1 aromatic heterocycles. The van der Waals surface area contributed by atoms with Crippen LogP contribution in [0.5, 0.6) is 0 Å². The van der Waals surface area contributed by atoms with E-state index in [-0.39, 0.29) is 5.75 Å². The van der Waals surface area contributed by atoms with Crippen molar-refractivity contribution in [3.05, 3.63) is 41.7 Å². The molecule has 106 valence electrons. The number of aliphatic carboxylic acids is 1. The molecule has 0 bridgehead atoms. The molecule has 2 aromatic rings. The van der Waals surface area contributed by atoms with E-state index in [0.717, 1.165) is 16.9 Å². The van der Waals surface area contributed by atoms with Gasteiger partial charge in [-0.1, -0.05) is 30.0 Å². The minimum absolute atomic E-state index is 0.0110. The summed E-state index contributed by atoms with van der Waals surface area (Å²) in [5.41, 5.74) is 2.96. The maximum absolute atomic E-state index is 10.7. The first kappa shape index (κ1) is 14.6. The van der Waals surface area contributed by atoms with Crippen molar-refractivity contribution in [3.8, 4) is 5.69 Å². The molecule has 1 heterocycles. The highest BCUT2D eigenvalue weighted by Crippen LogP contribution is 2.25. The molecule has 0 saturated heterocycles. The fourth-order valence-corrected chi connectivity index (χ4v) is 2.69. The summed E-state index contributed by atoms with van der Waals surface area (Å²) in [5.74, 6) is -0.865. The SMILES string of the molecule is COCc1ccccc1-n1c(C)cnc1SCC(=O)O. The van der Waals surface area contributed by atoms with Gasteiger partial charge in [-0.05, 0) is 13.0 Å². The molecule has 0 aliphatic rings. The monoisotopic (exact) mass is 292 g/mol. The van der Waals surface area contributed by atoms with E-state index in [0.29, 0.717) is 11.8 Å². The number of aryl methyl sites for hydroxylation is 1. The lowest BCUT2D eigenvalue weighted by molar-refractivity contribution is -0.133. The van der Waals surface area contributed by atoms with Crippen molar-refractivity contribution in [1.29, 1.82) is 0 Å². The number of carbonyl (C=O) groups is 1. The van der Waals surface area contributed by atoms with E-state index in [1.807, 2.05) is 35.8 Å². The van der Waals surface area contributed by atoms with Gasteiger partial charge in [-0.25, -0.2) is 4.98 Å². The normalized spacial score (nSPS) is 10.7. The largest absolute Gasteiger partial charge is 0.481 e. The molecule has 0 amide bonds. The lowest BCUT2D eigenvalue weighted by Crippen LogP contribution is -2.05. The minimum Gasteiger partial charge on any atom is -0.481 e. The van der Waals surface area contributed by atoms with Crippen molar-refractivity contribution in [1.82, 2.24) is 9.55 Å². The summed E-state index contributed by atoms with van der Waals surface area (Å²) in [7, 11) is 1.65. The molecule has 20 heavy (non-hydrogen) atoms. The van der Waals surface area contributed by atoms with Crippen LogP contribution in [0.15, 0.2) is 35.6 Å².